The monoisotopic (exact) mass is 404 g/mol. The van der Waals surface area contributed by atoms with Gasteiger partial charge in [0.1, 0.15) is 5.75 Å². The Kier molecular flexibility index (Phi) is 7.47. The van der Waals surface area contributed by atoms with Crippen molar-refractivity contribution in [2.75, 3.05) is 18.5 Å². The van der Waals surface area contributed by atoms with E-state index in [1.54, 1.807) is 24.3 Å². The van der Waals surface area contributed by atoms with Crippen LogP contribution in [-0.4, -0.2) is 25.0 Å². The van der Waals surface area contributed by atoms with Crippen molar-refractivity contribution in [1.82, 2.24) is 5.32 Å². The highest BCUT2D eigenvalue weighted by molar-refractivity contribution is 9.10. The number of carbonyl (C=O) groups is 2. The van der Waals surface area contributed by atoms with Gasteiger partial charge in [0, 0.05) is 24.2 Å². The predicted octanol–water partition coefficient (Wildman–Crippen LogP) is 4.00. The topological polar surface area (TPSA) is 67.4 Å². The molecule has 0 atom stereocenters. The second-order valence-electron chi connectivity index (χ2n) is 5.37. The fourth-order valence-corrected chi connectivity index (χ4v) is 2.60. The average Bonchev–Trinajstić information content (AvgIpc) is 2.60. The van der Waals surface area contributed by atoms with Gasteiger partial charge in [-0.05, 0) is 59.6 Å². The minimum absolute atomic E-state index is 0.108. The van der Waals surface area contributed by atoms with E-state index in [1.807, 2.05) is 31.2 Å². The lowest BCUT2D eigenvalue weighted by atomic mass is 10.2. The third-order valence-corrected chi connectivity index (χ3v) is 4.04. The molecule has 6 heteroatoms. The molecule has 2 rings (SSSR count). The van der Waals surface area contributed by atoms with Crippen LogP contribution in [0.4, 0.5) is 5.69 Å². The van der Waals surface area contributed by atoms with Gasteiger partial charge in [-0.25, -0.2) is 0 Å². The van der Waals surface area contributed by atoms with Crippen molar-refractivity contribution in [3.05, 3.63) is 58.6 Å². The molecule has 2 aromatic carbocycles. The third-order valence-electron chi connectivity index (χ3n) is 3.39. The minimum Gasteiger partial charge on any atom is -0.492 e. The summed E-state index contributed by atoms with van der Waals surface area (Å²) in [5, 5.41) is 5.54. The van der Waals surface area contributed by atoms with Gasteiger partial charge in [0.15, 0.2) is 0 Å². The molecule has 0 aliphatic carbocycles. The number of hydrogen-bond acceptors (Lipinski definition) is 3. The Bertz CT molecular complexity index is 734. The predicted molar refractivity (Wildman–Crippen MR) is 102 cm³/mol. The lowest BCUT2D eigenvalue weighted by Gasteiger charge is -2.09. The molecule has 5 nitrogen and oxygen atoms in total. The summed E-state index contributed by atoms with van der Waals surface area (Å²) < 4.78 is 6.53. The van der Waals surface area contributed by atoms with Crippen LogP contribution < -0.4 is 15.4 Å². The zero-order chi connectivity index (χ0) is 18.1. The number of ether oxygens (including phenoxy) is 1. The van der Waals surface area contributed by atoms with Gasteiger partial charge in [0.25, 0.3) is 5.91 Å². The number of hydrogen-bond donors (Lipinski definition) is 2. The molecule has 25 heavy (non-hydrogen) atoms. The molecule has 2 aromatic rings. The molecule has 0 radical (unpaired) electrons. The molecule has 0 aromatic heterocycles. The highest BCUT2D eigenvalue weighted by atomic mass is 79.9. The number of carbonyl (C=O) groups excluding carboxylic acids is 2. The molecule has 2 amide bonds. The van der Waals surface area contributed by atoms with E-state index in [4.69, 9.17) is 4.74 Å². The summed E-state index contributed by atoms with van der Waals surface area (Å²) in [7, 11) is 0. The zero-order valence-electron chi connectivity index (χ0n) is 14.0. The van der Waals surface area contributed by atoms with E-state index < -0.39 is 0 Å². The summed E-state index contributed by atoms with van der Waals surface area (Å²) in [5.74, 6) is 0.502. The summed E-state index contributed by atoms with van der Waals surface area (Å²) in [6.45, 7) is 2.88. The van der Waals surface area contributed by atoms with Gasteiger partial charge >= 0.3 is 0 Å². The van der Waals surface area contributed by atoms with Crippen molar-refractivity contribution in [1.29, 1.82) is 0 Å². The Balaban J connectivity index is 1.77. The standard InChI is InChI=1S/C19H21BrN2O3/c1-2-21-19(24)14-7-5-8-15(13-14)22-18(23)11-6-12-25-17-10-4-3-9-16(17)20/h3-5,7-10,13H,2,6,11-12H2,1H3,(H,21,24)(H,22,23). The van der Waals surface area contributed by atoms with Crippen LogP contribution in [0.25, 0.3) is 0 Å². The molecule has 0 saturated carbocycles. The van der Waals surface area contributed by atoms with E-state index in [-0.39, 0.29) is 11.8 Å². The first-order valence-corrected chi connectivity index (χ1v) is 8.95. The van der Waals surface area contributed by atoms with Crippen LogP contribution in [0, 0.1) is 0 Å². The van der Waals surface area contributed by atoms with Crippen molar-refractivity contribution in [2.24, 2.45) is 0 Å². The molecule has 0 aliphatic heterocycles. The molecule has 2 N–H and O–H groups in total. The molecule has 132 valence electrons. The van der Waals surface area contributed by atoms with Crippen LogP contribution in [0.3, 0.4) is 0 Å². The zero-order valence-corrected chi connectivity index (χ0v) is 15.6. The third kappa shape index (κ3) is 6.23. The minimum atomic E-state index is -0.152. The van der Waals surface area contributed by atoms with Gasteiger partial charge in [-0.15, -0.1) is 0 Å². The number of para-hydroxylation sites is 1. The van der Waals surface area contributed by atoms with Gasteiger partial charge < -0.3 is 15.4 Å². The van der Waals surface area contributed by atoms with E-state index in [9.17, 15) is 9.59 Å². The van der Waals surface area contributed by atoms with Gasteiger partial charge in [0.2, 0.25) is 5.91 Å². The van der Waals surface area contributed by atoms with Crippen molar-refractivity contribution in [2.45, 2.75) is 19.8 Å². The molecule has 0 spiro atoms. The van der Waals surface area contributed by atoms with E-state index >= 15 is 0 Å². The molecular formula is C19H21BrN2O3. The Hall–Kier alpha value is -2.34. The summed E-state index contributed by atoms with van der Waals surface area (Å²) in [5.41, 5.74) is 1.14. The molecule has 0 bridgehead atoms. The number of rotatable bonds is 8. The maximum atomic E-state index is 12.0. The number of anilines is 1. The summed E-state index contributed by atoms with van der Waals surface area (Å²) in [4.78, 5) is 23.8. The molecule has 0 aliphatic rings. The Morgan fingerprint density at radius 2 is 1.92 bits per heavy atom. The Morgan fingerprint density at radius 3 is 2.68 bits per heavy atom. The summed E-state index contributed by atoms with van der Waals surface area (Å²) >= 11 is 3.41. The molecular weight excluding hydrogens is 384 g/mol. The number of halogens is 1. The number of benzene rings is 2. The molecule has 0 unspecified atom stereocenters. The van der Waals surface area contributed by atoms with Crippen LogP contribution >= 0.6 is 15.9 Å². The van der Waals surface area contributed by atoms with Gasteiger partial charge in [-0.2, -0.15) is 0 Å². The van der Waals surface area contributed by atoms with Crippen LogP contribution in [-0.2, 0) is 4.79 Å². The van der Waals surface area contributed by atoms with Crippen LogP contribution in [0.2, 0.25) is 0 Å². The van der Waals surface area contributed by atoms with Crippen LogP contribution in [0.5, 0.6) is 5.75 Å². The van der Waals surface area contributed by atoms with Crippen molar-refractivity contribution >= 4 is 33.4 Å². The normalized spacial score (nSPS) is 10.2. The summed E-state index contributed by atoms with van der Waals surface area (Å²) in [6.07, 6.45) is 0.943. The maximum absolute atomic E-state index is 12.0. The molecule has 0 heterocycles. The highest BCUT2D eigenvalue weighted by Crippen LogP contribution is 2.23. The van der Waals surface area contributed by atoms with E-state index in [0.29, 0.717) is 37.2 Å². The first-order chi connectivity index (χ1) is 12.1. The van der Waals surface area contributed by atoms with Crippen LogP contribution in [0.1, 0.15) is 30.1 Å². The second kappa shape index (κ2) is 9.84. The van der Waals surface area contributed by atoms with E-state index in [2.05, 4.69) is 26.6 Å². The van der Waals surface area contributed by atoms with Crippen LogP contribution in [0.15, 0.2) is 53.0 Å². The first kappa shape index (κ1) is 19.0. The lowest BCUT2D eigenvalue weighted by Crippen LogP contribution is -2.22. The lowest BCUT2D eigenvalue weighted by molar-refractivity contribution is -0.116. The van der Waals surface area contributed by atoms with Crippen molar-refractivity contribution < 1.29 is 14.3 Å². The first-order valence-electron chi connectivity index (χ1n) is 8.15. The SMILES string of the molecule is CCNC(=O)c1cccc(NC(=O)CCCOc2ccccc2Br)c1. The average molecular weight is 405 g/mol. The van der Waals surface area contributed by atoms with Crippen molar-refractivity contribution in [3.8, 4) is 5.75 Å². The van der Waals surface area contributed by atoms with E-state index in [1.165, 1.54) is 0 Å². The van der Waals surface area contributed by atoms with E-state index in [0.717, 1.165) is 10.2 Å². The highest BCUT2D eigenvalue weighted by Gasteiger charge is 2.07. The Labute approximate surface area is 155 Å². The summed E-state index contributed by atoms with van der Waals surface area (Å²) in [6, 6.07) is 14.5. The fourth-order valence-electron chi connectivity index (χ4n) is 2.20. The number of amides is 2. The Morgan fingerprint density at radius 1 is 1.12 bits per heavy atom. The smallest absolute Gasteiger partial charge is 0.251 e. The fraction of sp³-hybridized carbons (Fsp3) is 0.263. The van der Waals surface area contributed by atoms with Gasteiger partial charge in [-0.1, -0.05) is 18.2 Å². The second-order valence-corrected chi connectivity index (χ2v) is 6.23. The van der Waals surface area contributed by atoms with Crippen molar-refractivity contribution in [3.63, 3.8) is 0 Å². The quantitative estimate of drug-likeness (QED) is 0.653. The van der Waals surface area contributed by atoms with Gasteiger partial charge in [0.05, 0.1) is 11.1 Å². The largest absolute Gasteiger partial charge is 0.492 e. The van der Waals surface area contributed by atoms with Gasteiger partial charge in [-0.3, -0.25) is 9.59 Å². The molecule has 0 fully saturated rings. The maximum Gasteiger partial charge on any atom is 0.251 e. The molecule has 0 saturated heterocycles. The number of nitrogens with one attached hydrogen (secondary N) is 2.